The molecule has 1 nitrogen and oxygen atoms in total. The quantitative estimate of drug-likeness (QED) is 0.670. The Kier molecular flexibility index (Phi) is 2.82. The molecule has 0 saturated heterocycles. The first-order chi connectivity index (χ1) is 5.40. The molecule has 0 radical (unpaired) electrons. The van der Waals surface area contributed by atoms with Crippen LogP contribution in [0, 0.1) is 17.3 Å². The van der Waals surface area contributed by atoms with Crippen LogP contribution in [0.3, 0.4) is 0 Å². The first-order valence-electron chi connectivity index (χ1n) is 5.13. The lowest BCUT2D eigenvalue weighted by atomic mass is 9.71. The molecule has 0 aromatic rings. The van der Waals surface area contributed by atoms with Crippen LogP contribution in [0.1, 0.15) is 41.0 Å². The third kappa shape index (κ3) is 2.48. The minimum absolute atomic E-state index is 0.429. The summed E-state index contributed by atoms with van der Waals surface area (Å²) < 4.78 is 0. The first-order valence-corrected chi connectivity index (χ1v) is 5.13. The van der Waals surface area contributed by atoms with E-state index in [1.54, 1.807) is 0 Å². The van der Waals surface area contributed by atoms with E-state index in [1.165, 1.54) is 6.42 Å². The molecule has 3 atom stereocenters. The van der Waals surface area contributed by atoms with E-state index in [0.717, 1.165) is 24.4 Å². The van der Waals surface area contributed by atoms with Crippen LogP contribution in [0.15, 0.2) is 0 Å². The minimum Gasteiger partial charge on any atom is -0.313 e. The van der Waals surface area contributed by atoms with Gasteiger partial charge in [-0.25, -0.2) is 0 Å². The highest BCUT2D eigenvalue weighted by Crippen LogP contribution is 2.33. The monoisotopic (exact) mass is 169 g/mol. The predicted molar refractivity (Wildman–Crippen MR) is 54.2 cm³/mol. The molecule has 1 fully saturated rings. The Morgan fingerprint density at radius 1 is 1.25 bits per heavy atom. The zero-order chi connectivity index (χ0) is 9.35. The highest BCUT2D eigenvalue weighted by atomic mass is 14.9. The summed E-state index contributed by atoms with van der Waals surface area (Å²) in [6.07, 6.45) is 1.37. The Bertz CT molecular complexity index is 146. The SMILES string of the molecule is CC1CC(NCC(C)(C)C)C1C. The van der Waals surface area contributed by atoms with Crippen LogP contribution >= 0.6 is 0 Å². The Hall–Kier alpha value is -0.0400. The minimum atomic E-state index is 0.429. The lowest BCUT2D eigenvalue weighted by molar-refractivity contribution is 0.127. The summed E-state index contributed by atoms with van der Waals surface area (Å²) in [6.45, 7) is 12.7. The van der Waals surface area contributed by atoms with E-state index in [1.807, 2.05) is 0 Å². The van der Waals surface area contributed by atoms with Crippen molar-refractivity contribution < 1.29 is 0 Å². The molecule has 0 heterocycles. The highest BCUT2D eigenvalue weighted by molar-refractivity contribution is 4.89. The lowest BCUT2D eigenvalue weighted by Gasteiger charge is -2.42. The van der Waals surface area contributed by atoms with E-state index >= 15 is 0 Å². The topological polar surface area (TPSA) is 12.0 Å². The summed E-state index contributed by atoms with van der Waals surface area (Å²) >= 11 is 0. The molecular formula is C11H23N. The number of rotatable bonds is 2. The molecule has 0 spiro atoms. The van der Waals surface area contributed by atoms with Gasteiger partial charge >= 0.3 is 0 Å². The standard InChI is InChI=1S/C11H23N/c1-8-6-10(9(8)2)12-7-11(3,4)5/h8-10,12H,6-7H2,1-5H3. The van der Waals surface area contributed by atoms with E-state index in [-0.39, 0.29) is 0 Å². The molecule has 0 aromatic heterocycles. The lowest BCUT2D eigenvalue weighted by Crippen LogP contribution is -2.50. The van der Waals surface area contributed by atoms with Crippen molar-refractivity contribution in [3.05, 3.63) is 0 Å². The van der Waals surface area contributed by atoms with Gasteiger partial charge in [-0.2, -0.15) is 0 Å². The maximum atomic E-state index is 3.64. The molecule has 0 amide bonds. The van der Waals surface area contributed by atoms with Gasteiger partial charge in [0.1, 0.15) is 0 Å². The fourth-order valence-electron chi connectivity index (χ4n) is 1.74. The molecule has 1 aliphatic rings. The molecule has 12 heavy (non-hydrogen) atoms. The Morgan fingerprint density at radius 3 is 2.17 bits per heavy atom. The van der Waals surface area contributed by atoms with E-state index < -0.39 is 0 Å². The normalized spacial score (nSPS) is 36.2. The highest BCUT2D eigenvalue weighted by Gasteiger charge is 2.34. The fourth-order valence-corrected chi connectivity index (χ4v) is 1.74. The van der Waals surface area contributed by atoms with Crippen LogP contribution in [0.5, 0.6) is 0 Å². The van der Waals surface area contributed by atoms with E-state index in [4.69, 9.17) is 0 Å². The van der Waals surface area contributed by atoms with Crippen LogP contribution in [0.4, 0.5) is 0 Å². The van der Waals surface area contributed by atoms with Gasteiger partial charge in [-0.05, 0) is 23.7 Å². The summed E-state index contributed by atoms with van der Waals surface area (Å²) in [5.74, 6) is 1.81. The Labute approximate surface area is 76.9 Å². The maximum Gasteiger partial charge on any atom is 0.00981 e. The van der Waals surface area contributed by atoms with Crippen molar-refractivity contribution in [1.29, 1.82) is 0 Å². The van der Waals surface area contributed by atoms with Crippen molar-refractivity contribution in [2.24, 2.45) is 17.3 Å². The summed E-state index contributed by atoms with van der Waals surface area (Å²) in [5, 5.41) is 3.64. The van der Waals surface area contributed by atoms with Crippen LogP contribution in [-0.4, -0.2) is 12.6 Å². The third-order valence-corrected chi connectivity index (χ3v) is 3.05. The molecule has 0 aromatic carbocycles. The summed E-state index contributed by atoms with van der Waals surface area (Å²) in [7, 11) is 0. The molecule has 1 saturated carbocycles. The molecule has 1 heteroatoms. The average molecular weight is 169 g/mol. The van der Waals surface area contributed by atoms with Gasteiger partial charge in [0, 0.05) is 12.6 Å². The fraction of sp³-hybridized carbons (Fsp3) is 1.00. The van der Waals surface area contributed by atoms with Crippen LogP contribution in [-0.2, 0) is 0 Å². The zero-order valence-corrected chi connectivity index (χ0v) is 9.15. The van der Waals surface area contributed by atoms with Crippen LogP contribution in [0.25, 0.3) is 0 Å². The van der Waals surface area contributed by atoms with Gasteiger partial charge in [0.05, 0.1) is 0 Å². The Morgan fingerprint density at radius 2 is 1.83 bits per heavy atom. The van der Waals surface area contributed by atoms with Crippen molar-refractivity contribution in [2.75, 3.05) is 6.54 Å². The molecule has 0 bridgehead atoms. The van der Waals surface area contributed by atoms with Crippen molar-refractivity contribution in [2.45, 2.75) is 47.1 Å². The van der Waals surface area contributed by atoms with Gasteiger partial charge in [-0.15, -0.1) is 0 Å². The number of hydrogen-bond donors (Lipinski definition) is 1. The number of hydrogen-bond acceptors (Lipinski definition) is 1. The van der Waals surface area contributed by atoms with Gasteiger partial charge in [0.15, 0.2) is 0 Å². The maximum absolute atomic E-state index is 3.64. The molecular weight excluding hydrogens is 146 g/mol. The van der Waals surface area contributed by atoms with Gasteiger partial charge in [-0.1, -0.05) is 34.6 Å². The molecule has 1 N–H and O–H groups in total. The van der Waals surface area contributed by atoms with Crippen LogP contribution in [0.2, 0.25) is 0 Å². The van der Waals surface area contributed by atoms with Crippen molar-refractivity contribution in [3.8, 4) is 0 Å². The largest absolute Gasteiger partial charge is 0.313 e. The predicted octanol–water partition coefficient (Wildman–Crippen LogP) is 2.67. The number of nitrogens with one attached hydrogen (secondary N) is 1. The van der Waals surface area contributed by atoms with Crippen molar-refractivity contribution in [1.82, 2.24) is 5.32 Å². The molecule has 72 valence electrons. The smallest absolute Gasteiger partial charge is 0.00981 e. The molecule has 3 unspecified atom stereocenters. The second-order valence-electron chi connectivity index (χ2n) is 5.62. The summed E-state index contributed by atoms with van der Waals surface area (Å²) in [5.41, 5.74) is 0.429. The van der Waals surface area contributed by atoms with Gasteiger partial charge in [0.2, 0.25) is 0 Å². The van der Waals surface area contributed by atoms with E-state index in [9.17, 15) is 0 Å². The van der Waals surface area contributed by atoms with Gasteiger partial charge in [-0.3, -0.25) is 0 Å². The van der Waals surface area contributed by atoms with E-state index in [0.29, 0.717) is 5.41 Å². The van der Waals surface area contributed by atoms with E-state index in [2.05, 4.69) is 39.9 Å². The second kappa shape index (κ2) is 3.37. The first kappa shape index (κ1) is 10.0. The zero-order valence-electron chi connectivity index (χ0n) is 9.15. The Balaban J connectivity index is 2.18. The molecule has 1 aliphatic carbocycles. The molecule has 1 rings (SSSR count). The van der Waals surface area contributed by atoms with Crippen LogP contribution < -0.4 is 5.32 Å². The van der Waals surface area contributed by atoms with Gasteiger partial charge < -0.3 is 5.32 Å². The van der Waals surface area contributed by atoms with Gasteiger partial charge in [0.25, 0.3) is 0 Å². The third-order valence-electron chi connectivity index (χ3n) is 3.05. The average Bonchev–Trinajstić information content (AvgIpc) is 1.95. The van der Waals surface area contributed by atoms with Crippen molar-refractivity contribution in [3.63, 3.8) is 0 Å². The van der Waals surface area contributed by atoms with Crippen molar-refractivity contribution >= 4 is 0 Å². The second-order valence-corrected chi connectivity index (χ2v) is 5.62. The molecule has 0 aliphatic heterocycles. The summed E-state index contributed by atoms with van der Waals surface area (Å²) in [6, 6.07) is 0.791. The summed E-state index contributed by atoms with van der Waals surface area (Å²) in [4.78, 5) is 0.